The van der Waals surface area contributed by atoms with Crippen LogP contribution < -0.4 is 10.2 Å². The van der Waals surface area contributed by atoms with E-state index in [2.05, 4.69) is 141 Å². The van der Waals surface area contributed by atoms with Gasteiger partial charge in [0.05, 0.1) is 39.9 Å². The van der Waals surface area contributed by atoms with Gasteiger partial charge in [0, 0.05) is 6.42 Å². The molecule has 436 valence electrons. The smallest absolute Gasteiger partial charge is 0.268 e. The van der Waals surface area contributed by atoms with Gasteiger partial charge in [-0.1, -0.05) is 270 Å². The Morgan fingerprint density at radius 2 is 0.803 bits per heavy atom. The molecule has 0 aromatic heterocycles. The van der Waals surface area contributed by atoms with Crippen molar-refractivity contribution in [2.75, 3.05) is 40.9 Å². The number of aliphatic hydroxyl groups is 1. The number of unbranched alkanes of at least 4 members (excludes halogenated alkanes) is 22. The second kappa shape index (κ2) is 56.6. The van der Waals surface area contributed by atoms with Crippen LogP contribution >= 0.6 is 7.82 Å². The minimum atomic E-state index is -4.59. The molecule has 0 rings (SSSR count). The molecular formula is C67H117N2O6P. The molecule has 2 N–H and O–H groups in total. The third kappa shape index (κ3) is 58.6. The van der Waals surface area contributed by atoms with Gasteiger partial charge >= 0.3 is 0 Å². The summed E-state index contributed by atoms with van der Waals surface area (Å²) in [5, 5.41) is 14.0. The van der Waals surface area contributed by atoms with E-state index in [9.17, 15) is 19.4 Å². The lowest BCUT2D eigenvalue weighted by atomic mass is 10.0. The Labute approximate surface area is 469 Å². The van der Waals surface area contributed by atoms with Crippen LogP contribution in [0.15, 0.2) is 122 Å². The summed E-state index contributed by atoms with van der Waals surface area (Å²) in [6, 6.07) is -0.818. The molecule has 9 heteroatoms. The number of amides is 1. The van der Waals surface area contributed by atoms with Gasteiger partial charge in [-0.15, -0.1) is 0 Å². The molecule has 1 amide bonds. The number of phosphoric acid groups is 1. The zero-order valence-electron chi connectivity index (χ0n) is 49.7. The van der Waals surface area contributed by atoms with Gasteiger partial charge in [0.1, 0.15) is 13.2 Å². The number of hydrogen-bond acceptors (Lipinski definition) is 6. The third-order valence-corrected chi connectivity index (χ3v) is 14.2. The minimum absolute atomic E-state index is 0.00320. The summed E-state index contributed by atoms with van der Waals surface area (Å²) in [7, 11) is 1.28. The fourth-order valence-corrected chi connectivity index (χ4v) is 9.14. The molecule has 8 nitrogen and oxygen atoms in total. The summed E-state index contributed by atoms with van der Waals surface area (Å²) < 4.78 is 23.4. The number of allylic oxidation sites excluding steroid dienone is 20. The highest BCUT2D eigenvalue weighted by molar-refractivity contribution is 7.45. The highest BCUT2D eigenvalue weighted by Gasteiger charge is 2.24. The summed E-state index contributed by atoms with van der Waals surface area (Å²) in [5.41, 5.74) is 0. The first-order valence-electron chi connectivity index (χ1n) is 30.9. The van der Waals surface area contributed by atoms with Crippen LogP contribution in [0.1, 0.15) is 245 Å². The molecule has 0 saturated carbocycles. The molecule has 0 saturated heterocycles. The number of likely N-dealkylation sites (N-methyl/N-ethyl adjacent to an activating group) is 1. The van der Waals surface area contributed by atoms with Crippen molar-refractivity contribution in [3.05, 3.63) is 122 Å². The molecule has 0 aromatic carbocycles. The van der Waals surface area contributed by atoms with E-state index < -0.39 is 20.0 Å². The minimum Gasteiger partial charge on any atom is -0.756 e. The first-order valence-corrected chi connectivity index (χ1v) is 32.3. The van der Waals surface area contributed by atoms with E-state index in [-0.39, 0.29) is 19.1 Å². The Kier molecular flexibility index (Phi) is 54.3. The van der Waals surface area contributed by atoms with Crippen LogP contribution in [-0.2, 0) is 18.4 Å². The van der Waals surface area contributed by atoms with Crippen LogP contribution in [0.25, 0.3) is 0 Å². The Balaban J connectivity index is 4.18. The number of hydrogen-bond donors (Lipinski definition) is 2. The molecule has 0 aliphatic heterocycles. The molecule has 0 aromatic rings. The Bertz CT molecular complexity index is 1650. The largest absolute Gasteiger partial charge is 0.756 e. The normalized spacial score (nSPS) is 14.7. The third-order valence-electron chi connectivity index (χ3n) is 13.2. The first kappa shape index (κ1) is 72.9. The number of carbonyl (C=O) groups is 1. The maximum absolute atomic E-state index is 13.0. The van der Waals surface area contributed by atoms with E-state index in [1.165, 1.54) is 103 Å². The number of phosphoric ester groups is 1. The average Bonchev–Trinajstić information content (AvgIpc) is 3.38. The Hall–Kier alpha value is -3.10. The predicted molar refractivity (Wildman–Crippen MR) is 329 cm³/mol. The molecule has 0 aliphatic rings. The van der Waals surface area contributed by atoms with Gasteiger partial charge in [-0.25, -0.2) is 0 Å². The van der Waals surface area contributed by atoms with Crippen molar-refractivity contribution in [2.24, 2.45) is 0 Å². The van der Waals surface area contributed by atoms with E-state index >= 15 is 0 Å². The van der Waals surface area contributed by atoms with Crippen LogP contribution in [0, 0.1) is 0 Å². The molecule has 0 aliphatic carbocycles. The van der Waals surface area contributed by atoms with Crippen molar-refractivity contribution in [1.29, 1.82) is 0 Å². The lowest BCUT2D eigenvalue weighted by molar-refractivity contribution is -0.870. The summed E-state index contributed by atoms with van der Waals surface area (Å²) in [6.45, 7) is 4.60. The molecule has 76 heavy (non-hydrogen) atoms. The van der Waals surface area contributed by atoms with Gasteiger partial charge in [-0.3, -0.25) is 9.36 Å². The number of nitrogens with zero attached hydrogens (tertiary/aromatic N) is 1. The van der Waals surface area contributed by atoms with Crippen molar-refractivity contribution in [1.82, 2.24) is 5.32 Å². The molecule has 3 unspecified atom stereocenters. The molecular weight excluding hydrogens is 960 g/mol. The van der Waals surface area contributed by atoms with Crippen LogP contribution in [0.3, 0.4) is 0 Å². The van der Waals surface area contributed by atoms with E-state index in [4.69, 9.17) is 9.05 Å². The van der Waals surface area contributed by atoms with E-state index in [1.807, 2.05) is 21.1 Å². The lowest BCUT2D eigenvalue weighted by Gasteiger charge is -2.30. The summed E-state index contributed by atoms with van der Waals surface area (Å²) in [5.74, 6) is -0.183. The second-order valence-electron chi connectivity index (χ2n) is 21.7. The Morgan fingerprint density at radius 1 is 0.474 bits per heavy atom. The number of aliphatic hydroxyl groups excluding tert-OH is 1. The maximum Gasteiger partial charge on any atom is 0.268 e. The number of rotatable bonds is 55. The fraction of sp³-hybridized carbons (Fsp3) is 0.687. The van der Waals surface area contributed by atoms with Gasteiger partial charge in [0.2, 0.25) is 5.91 Å². The van der Waals surface area contributed by atoms with Gasteiger partial charge < -0.3 is 28.8 Å². The van der Waals surface area contributed by atoms with E-state index in [0.29, 0.717) is 23.9 Å². The molecule has 0 spiro atoms. The van der Waals surface area contributed by atoms with Crippen molar-refractivity contribution >= 4 is 13.7 Å². The second-order valence-corrected chi connectivity index (χ2v) is 23.1. The Morgan fingerprint density at radius 3 is 1.17 bits per heavy atom. The van der Waals surface area contributed by atoms with E-state index in [1.54, 1.807) is 0 Å². The molecule has 0 heterocycles. The van der Waals surface area contributed by atoms with Crippen molar-refractivity contribution in [3.8, 4) is 0 Å². The number of quaternary nitrogens is 1. The number of carbonyl (C=O) groups excluding carboxylic acids is 1. The molecule has 0 radical (unpaired) electrons. The monoisotopic (exact) mass is 1080 g/mol. The van der Waals surface area contributed by atoms with Gasteiger partial charge in [-0.2, -0.15) is 0 Å². The van der Waals surface area contributed by atoms with E-state index in [0.717, 1.165) is 116 Å². The summed E-state index contributed by atoms with van der Waals surface area (Å²) in [6.07, 6.45) is 83.8. The SMILES string of the molecule is CC/C=C\C/C=C\C/C=C\C/C=C\C/C=C\C/C=C\C/C=C\C/C=C\C/C=C\C/C=C\CCCCCCCCC(=O)NC(COP(=O)([O-])OCC[N+](C)(C)C)C(O)CCCCCCCCCCCCCCCCCCC. The maximum atomic E-state index is 13.0. The van der Waals surface area contributed by atoms with Crippen LogP contribution in [0.4, 0.5) is 0 Å². The molecule has 0 bridgehead atoms. The van der Waals surface area contributed by atoms with Crippen LogP contribution in [0.5, 0.6) is 0 Å². The quantitative estimate of drug-likeness (QED) is 0.0272. The van der Waals surface area contributed by atoms with Gasteiger partial charge in [-0.05, 0) is 89.9 Å². The zero-order chi connectivity index (χ0) is 55.6. The van der Waals surface area contributed by atoms with Crippen LogP contribution in [-0.4, -0.2) is 68.5 Å². The van der Waals surface area contributed by atoms with Crippen LogP contribution in [0.2, 0.25) is 0 Å². The average molecular weight is 1080 g/mol. The first-order chi connectivity index (χ1) is 37.0. The fourth-order valence-electron chi connectivity index (χ4n) is 8.42. The zero-order valence-corrected chi connectivity index (χ0v) is 50.6. The van der Waals surface area contributed by atoms with Gasteiger partial charge in [0.25, 0.3) is 7.82 Å². The highest BCUT2D eigenvalue weighted by atomic mass is 31.2. The standard InChI is InChI=1S/C67H117N2O6P/c1-6-8-10-12-14-16-18-20-22-24-25-26-27-28-29-30-31-32-33-34-35-36-37-38-39-40-41-42-43-45-47-49-51-53-55-57-59-61-67(71)68-65(64-75-76(72,73)74-63-62-69(3,4)5)66(70)60-58-56-54-52-50-48-46-44-23-21-19-17-15-13-11-9-7-2/h8,10,14,16,20,22,25-26,28-29,31-32,34-35,37-38,40-41,43,45,65-66,70H,6-7,9,11-13,15,17-19,21,23-24,27,30,33,36,39,42,44,46-64H2,1-5H3,(H-,68,71,72,73)/b10-8-,16-14-,22-20-,26-25-,29-28-,32-31-,35-34-,38-37-,41-40-,45-43-. The molecule has 0 fully saturated rings. The predicted octanol–water partition coefficient (Wildman–Crippen LogP) is 18.7. The molecule has 3 atom stereocenters. The summed E-state index contributed by atoms with van der Waals surface area (Å²) >= 11 is 0. The topological polar surface area (TPSA) is 108 Å². The van der Waals surface area contributed by atoms with Gasteiger partial charge in [0.15, 0.2) is 0 Å². The van der Waals surface area contributed by atoms with Crippen molar-refractivity contribution < 1.29 is 32.9 Å². The van der Waals surface area contributed by atoms with Crippen molar-refractivity contribution in [3.63, 3.8) is 0 Å². The lowest BCUT2D eigenvalue weighted by Crippen LogP contribution is -2.46. The summed E-state index contributed by atoms with van der Waals surface area (Å²) in [4.78, 5) is 25.6. The number of nitrogens with one attached hydrogen (secondary N) is 1. The van der Waals surface area contributed by atoms with Crippen molar-refractivity contribution in [2.45, 2.75) is 257 Å². The highest BCUT2D eigenvalue weighted by Crippen LogP contribution is 2.38.